The number of nitriles is 1. The van der Waals surface area contributed by atoms with Crippen molar-refractivity contribution in [3.63, 3.8) is 0 Å². The van der Waals surface area contributed by atoms with Crippen molar-refractivity contribution in [3.8, 4) is 11.8 Å². The van der Waals surface area contributed by atoms with Crippen LogP contribution in [0.1, 0.15) is 30.1 Å². The van der Waals surface area contributed by atoms with Crippen LogP contribution in [0.3, 0.4) is 0 Å². The van der Waals surface area contributed by atoms with E-state index in [9.17, 15) is 25.0 Å². The molecule has 10 nitrogen and oxygen atoms in total. The van der Waals surface area contributed by atoms with Crippen molar-refractivity contribution in [2.45, 2.75) is 19.8 Å². The van der Waals surface area contributed by atoms with Gasteiger partial charge >= 0.3 is 5.97 Å². The van der Waals surface area contributed by atoms with Gasteiger partial charge in [0.05, 0.1) is 35.6 Å². The molecule has 2 aromatic rings. The van der Waals surface area contributed by atoms with Crippen LogP contribution >= 0.6 is 0 Å². The molecular weight excluding hydrogens is 416 g/mol. The fourth-order valence-corrected chi connectivity index (χ4v) is 2.57. The summed E-state index contributed by atoms with van der Waals surface area (Å²) in [5, 5.41) is 25.6. The number of rotatable bonds is 10. The van der Waals surface area contributed by atoms with Crippen molar-refractivity contribution in [2.24, 2.45) is 0 Å². The number of carbonyl (C=O) groups excluding carboxylic acids is 2. The summed E-state index contributed by atoms with van der Waals surface area (Å²) in [6.45, 7) is 2.23. The average molecular weight is 438 g/mol. The van der Waals surface area contributed by atoms with Crippen molar-refractivity contribution in [2.75, 3.05) is 24.4 Å². The molecule has 0 aliphatic carbocycles. The maximum absolute atomic E-state index is 12.6. The third kappa shape index (κ3) is 6.30. The average Bonchev–Trinajstić information content (AvgIpc) is 2.79. The molecule has 0 atom stereocenters. The number of ether oxygens (including phenoxy) is 2. The molecule has 0 fully saturated rings. The first-order chi connectivity index (χ1) is 15.4. The summed E-state index contributed by atoms with van der Waals surface area (Å²) in [6.07, 6.45) is 2.68. The monoisotopic (exact) mass is 438 g/mol. The number of benzene rings is 2. The number of nitrogens with one attached hydrogen (secondary N) is 2. The summed E-state index contributed by atoms with van der Waals surface area (Å²) in [4.78, 5) is 35.3. The molecule has 10 heteroatoms. The van der Waals surface area contributed by atoms with E-state index in [1.165, 1.54) is 37.4 Å². The van der Waals surface area contributed by atoms with Crippen LogP contribution < -0.4 is 15.4 Å². The maximum Gasteiger partial charge on any atom is 0.340 e. The van der Waals surface area contributed by atoms with Gasteiger partial charge in [-0.25, -0.2) is 4.79 Å². The van der Waals surface area contributed by atoms with Gasteiger partial charge in [0, 0.05) is 18.3 Å². The Hall–Kier alpha value is -4.39. The predicted molar refractivity (Wildman–Crippen MR) is 117 cm³/mol. The highest BCUT2D eigenvalue weighted by atomic mass is 16.6. The Bertz CT molecular complexity index is 1070. The number of hydrogen-bond donors (Lipinski definition) is 2. The van der Waals surface area contributed by atoms with E-state index in [-0.39, 0.29) is 40.6 Å². The molecule has 0 saturated heterocycles. The van der Waals surface area contributed by atoms with E-state index in [1.807, 2.05) is 6.92 Å². The molecule has 0 aliphatic rings. The normalized spacial score (nSPS) is 10.6. The SMILES string of the molecule is CCCCOC(=O)c1ccccc1NC(=O)/C(C#N)=C\Nc1cc([N+](=O)[O-])ccc1OC. The summed E-state index contributed by atoms with van der Waals surface area (Å²) in [6, 6.07) is 11.9. The second kappa shape index (κ2) is 11.7. The first-order valence-electron chi connectivity index (χ1n) is 9.68. The van der Waals surface area contributed by atoms with E-state index < -0.39 is 16.8 Å². The number of unbranched alkanes of at least 4 members (excludes halogenated alkanes) is 1. The van der Waals surface area contributed by atoms with Crippen LogP contribution in [-0.2, 0) is 9.53 Å². The number of non-ortho nitro benzene ring substituents is 1. The zero-order valence-corrected chi connectivity index (χ0v) is 17.6. The van der Waals surface area contributed by atoms with Crippen LogP contribution in [0.25, 0.3) is 0 Å². The molecule has 0 saturated carbocycles. The number of para-hydroxylation sites is 1. The maximum atomic E-state index is 12.6. The third-order valence-corrected chi connectivity index (χ3v) is 4.26. The number of amides is 1. The number of hydrogen-bond acceptors (Lipinski definition) is 8. The fourth-order valence-electron chi connectivity index (χ4n) is 2.57. The second-order valence-corrected chi connectivity index (χ2v) is 6.45. The zero-order valence-electron chi connectivity index (χ0n) is 17.6. The number of nitro groups is 1. The molecule has 2 rings (SSSR count). The molecule has 0 unspecified atom stereocenters. The standard InChI is InChI=1S/C22H22N4O6/c1-3-4-11-32-22(28)17-7-5-6-8-18(17)25-21(27)15(13-23)14-24-19-12-16(26(29)30)9-10-20(19)31-2/h5-10,12,14,24H,3-4,11H2,1-2H3,(H,25,27)/b15-14-. The van der Waals surface area contributed by atoms with E-state index in [4.69, 9.17) is 9.47 Å². The first-order valence-corrected chi connectivity index (χ1v) is 9.68. The van der Waals surface area contributed by atoms with Crippen molar-refractivity contribution in [1.82, 2.24) is 0 Å². The lowest BCUT2D eigenvalue weighted by Gasteiger charge is -2.11. The Morgan fingerprint density at radius 1 is 1.22 bits per heavy atom. The molecule has 0 bridgehead atoms. The van der Waals surface area contributed by atoms with Gasteiger partial charge in [0.25, 0.3) is 11.6 Å². The third-order valence-electron chi connectivity index (χ3n) is 4.26. The number of nitro benzene ring substituents is 1. The Balaban J connectivity index is 2.20. The molecule has 32 heavy (non-hydrogen) atoms. The van der Waals surface area contributed by atoms with E-state index in [0.717, 1.165) is 12.6 Å². The highest BCUT2D eigenvalue weighted by Crippen LogP contribution is 2.29. The number of anilines is 2. The molecule has 0 spiro atoms. The van der Waals surface area contributed by atoms with E-state index in [1.54, 1.807) is 18.2 Å². The van der Waals surface area contributed by atoms with Gasteiger partial charge in [-0.1, -0.05) is 25.5 Å². The van der Waals surface area contributed by atoms with Gasteiger partial charge < -0.3 is 20.1 Å². The molecule has 0 radical (unpaired) electrons. The second-order valence-electron chi connectivity index (χ2n) is 6.45. The number of nitrogens with zero attached hydrogens (tertiary/aromatic N) is 2. The minimum atomic E-state index is -0.779. The quantitative estimate of drug-likeness (QED) is 0.141. The lowest BCUT2D eigenvalue weighted by Crippen LogP contribution is -2.18. The van der Waals surface area contributed by atoms with Crippen LogP contribution in [0.2, 0.25) is 0 Å². The Kier molecular flexibility index (Phi) is 8.74. The van der Waals surface area contributed by atoms with Crippen molar-refractivity contribution < 1.29 is 24.0 Å². The highest BCUT2D eigenvalue weighted by molar-refractivity contribution is 6.09. The molecule has 0 aromatic heterocycles. The molecule has 166 valence electrons. The lowest BCUT2D eigenvalue weighted by molar-refractivity contribution is -0.384. The van der Waals surface area contributed by atoms with E-state index in [2.05, 4.69) is 10.6 Å². The van der Waals surface area contributed by atoms with Gasteiger partial charge in [-0.15, -0.1) is 0 Å². The molecule has 2 aromatic carbocycles. The zero-order chi connectivity index (χ0) is 23.5. The summed E-state index contributed by atoms with van der Waals surface area (Å²) < 4.78 is 10.3. The van der Waals surface area contributed by atoms with E-state index >= 15 is 0 Å². The van der Waals surface area contributed by atoms with Crippen LogP contribution in [-0.4, -0.2) is 30.5 Å². The van der Waals surface area contributed by atoms with E-state index in [0.29, 0.717) is 6.42 Å². The van der Waals surface area contributed by atoms with Crippen molar-refractivity contribution >= 4 is 28.9 Å². The molecule has 0 heterocycles. The first kappa shape index (κ1) is 23.9. The Morgan fingerprint density at radius 2 is 1.97 bits per heavy atom. The fraction of sp³-hybridized carbons (Fsp3) is 0.227. The number of methoxy groups -OCH3 is 1. The van der Waals surface area contributed by atoms with Crippen molar-refractivity contribution in [1.29, 1.82) is 5.26 Å². The van der Waals surface area contributed by atoms with Gasteiger partial charge in [0.2, 0.25) is 0 Å². The van der Waals surface area contributed by atoms with Gasteiger partial charge in [0.1, 0.15) is 17.4 Å². The Labute approximate surface area is 184 Å². The minimum absolute atomic E-state index is 0.155. The smallest absolute Gasteiger partial charge is 0.340 e. The number of esters is 1. The summed E-state index contributed by atoms with van der Waals surface area (Å²) >= 11 is 0. The minimum Gasteiger partial charge on any atom is -0.495 e. The topological polar surface area (TPSA) is 144 Å². The molecule has 0 aliphatic heterocycles. The summed E-state index contributed by atoms with van der Waals surface area (Å²) in [5.74, 6) is -1.08. The largest absolute Gasteiger partial charge is 0.495 e. The molecule has 2 N–H and O–H groups in total. The van der Waals surface area contributed by atoms with Gasteiger partial charge in [-0.3, -0.25) is 14.9 Å². The van der Waals surface area contributed by atoms with Gasteiger partial charge in [-0.2, -0.15) is 5.26 Å². The molecular formula is C22H22N4O6. The van der Waals surface area contributed by atoms with Crippen LogP contribution in [0.15, 0.2) is 54.2 Å². The van der Waals surface area contributed by atoms with Crippen molar-refractivity contribution in [3.05, 3.63) is 69.9 Å². The van der Waals surface area contributed by atoms with Gasteiger partial charge in [-0.05, 0) is 24.6 Å². The van der Waals surface area contributed by atoms with Crippen LogP contribution in [0.5, 0.6) is 5.75 Å². The predicted octanol–water partition coefficient (Wildman–Crippen LogP) is 4.02. The van der Waals surface area contributed by atoms with Gasteiger partial charge in [0.15, 0.2) is 0 Å². The van der Waals surface area contributed by atoms with Crippen LogP contribution in [0, 0.1) is 21.4 Å². The van der Waals surface area contributed by atoms with Crippen LogP contribution in [0.4, 0.5) is 17.1 Å². The summed E-state index contributed by atoms with van der Waals surface area (Å²) in [5.41, 5.74) is 0.0191. The summed E-state index contributed by atoms with van der Waals surface area (Å²) in [7, 11) is 1.38. The number of carbonyl (C=O) groups is 2. The lowest BCUT2D eigenvalue weighted by atomic mass is 10.1. The highest BCUT2D eigenvalue weighted by Gasteiger charge is 2.17. The molecule has 1 amide bonds. The Morgan fingerprint density at radius 3 is 2.62 bits per heavy atom.